The lowest BCUT2D eigenvalue weighted by Gasteiger charge is -2.38. The van der Waals surface area contributed by atoms with Gasteiger partial charge in [0.2, 0.25) is 0 Å². The molecule has 2 aliphatic heterocycles. The van der Waals surface area contributed by atoms with Crippen molar-refractivity contribution in [2.75, 3.05) is 19.6 Å². The number of ether oxygens (including phenoxy) is 3. The van der Waals surface area contributed by atoms with Crippen LogP contribution in [0.25, 0.3) is 0 Å². The molecule has 0 aromatic carbocycles. The minimum absolute atomic E-state index is 0.0286. The van der Waals surface area contributed by atoms with Crippen LogP contribution in [0.2, 0.25) is 0 Å². The quantitative estimate of drug-likeness (QED) is 0.769. The van der Waals surface area contributed by atoms with Crippen LogP contribution in [-0.2, 0) is 14.2 Å². The average Bonchev–Trinajstić information content (AvgIpc) is 2.71. The summed E-state index contributed by atoms with van der Waals surface area (Å²) in [5, 5.41) is 10.3. The van der Waals surface area contributed by atoms with Crippen molar-refractivity contribution in [3.05, 3.63) is 0 Å². The standard InChI is InChI=1S/C19H37NO4/c1-12(2)9-16-11-20(10-14(5)23-16)8-7-17-19(22-13(3)4)18(21)15(6)24-17/h12-19,21H,7-11H2,1-6H3/t14?,15-,16?,17+,18+,19?/m0/s1. The van der Waals surface area contributed by atoms with Crippen molar-refractivity contribution in [3.63, 3.8) is 0 Å². The summed E-state index contributed by atoms with van der Waals surface area (Å²) in [5.41, 5.74) is 0. The molecule has 3 unspecified atom stereocenters. The lowest BCUT2D eigenvalue weighted by Crippen LogP contribution is -2.48. The Morgan fingerprint density at radius 2 is 1.83 bits per heavy atom. The van der Waals surface area contributed by atoms with E-state index in [0.717, 1.165) is 32.5 Å². The zero-order valence-electron chi connectivity index (χ0n) is 16.3. The third-order valence-corrected chi connectivity index (χ3v) is 4.87. The molecule has 24 heavy (non-hydrogen) atoms. The molecule has 2 fully saturated rings. The van der Waals surface area contributed by atoms with Gasteiger partial charge >= 0.3 is 0 Å². The van der Waals surface area contributed by atoms with Gasteiger partial charge < -0.3 is 19.3 Å². The van der Waals surface area contributed by atoms with E-state index in [2.05, 4.69) is 25.7 Å². The second kappa shape index (κ2) is 8.95. The summed E-state index contributed by atoms with van der Waals surface area (Å²) < 4.78 is 18.0. The van der Waals surface area contributed by atoms with Crippen molar-refractivity contribution in [2.24, 2.45) is 5.92 Å². The molecule has 0 amide bonds. The Morgan fingerprint density at radius 1 is 1.12 bits per heavy atom. The maximum atomic E-state index is 10.3. The summed E-state index contributed by atoms with van der Waals surface area (Å²) in [6, 6.07) is 0. The normalized spacial score (nSPS) is 38.4. The molecule has 0 bridgehead atoms. The van der Waals surface area contributed by atoms with Gasteiger partial charge in [-0.05, 0) is 46.5 Å². The number of morpholine rings is 1. The molecule has 0 aromatic heterocycles. The van der Waals surface area contributed by atoms with Crippen LogP contribution in [0.3, 0.4) is 0 Å². The van der Waals surface area contributed by atoms with Gasteiger partial charge in [0.05, 0.1) is 30.5 Å². The molecule has 0 aromatic rings. The van der Waals surface area contributed by atoms with E-state index in [1.54, 1.807) is 0 Å². The van der Waals surface area contributed by atoms with E-state index in [0.29, 0.717) is 12.0 Å². The molecule has 6 atom stereocenters. The number of aliphatic hydroxyl groups excluding tert-OH is 1. The number of hydrogen-bond acceptors (Lipinski definition) is 5. The molecule has 1 N–H and O–H groups in total. The smallest absolute Gasteiger partial charge is 0.112 e. The molecule has 5 nitrogen and oxygen atoms in total. The van der Waals surface area contributed by atoms with Gasteiger partial charge in [-0.2, -0.15) is 0 Å². The zero-order valence-corrected chi connectivity index (χ0v) is 16.3. The van der Waals surface area contributed by atoms with Crippen molar-refractivity contribution in [1.29, 1.82) is 0 Å². The molecule has 5 heteroatoms. The summed E-state index contributed by atoms with van der Waals surface area (Å²) in [5.74, 6) is 0.653. The first-order valence-electron chi connectivity index (χ1n) is 9.63. The molecule has 0 spiro atoms. The number of hydrogen-bond donors (Lipinski definition) is 1. The fourth-order valence-electron chi connectivity index (χ4n) is 3.92. The van der Waals surface area contributed by atoms with Crippen molar-refractivity contribution in [3.8, 4) is 0 Å². The van der Waals surface area contributed by atoms with Crippen LogP contribution in [0.5, 0.6) is 0 Å². The highest BCUT2D eigenvalue weighted by Crippen LogP contribution is 2.28. The first kappa shape index (κ1) is 20.1. The highest BCUT2D eigenvalue weighted by molar-refractivity contribution is 4.91. The molecule has 0 saturated carbocycles. The molecule has 2 saturated heterocycles. The van der Waals surface area contributed by atoms with E-state index in [1.165, 1.54) is 0 Å². The minimum atomic E-state index is -0.533. The Balaban J connectivity index is 1.86. The van der Waals surface area contributed by atoms with Crippen molar-refractivity contribution in [1.82, 2.24) is 4.90 Å². The van der Waals surface area contributed by atoms with E-state index >= 15 is 0 Å². The summed E-state index contributed by atoms with van der Waals surface area (Å²) in [6.45, 7) is 15.5. The lowest BCUT2D eigenvalue weighted by atomic mass is 10.0. The summed E-state index contributed by atoms with van der Waals surface area (Å²) >= 11 is 0. The third-order valence-electron chi connectivity index (χ3n) is 4.87. The molecule has 2 rings (SSSR count). The molecule has 2 aliphatic rings. The molecule has 0 radical (unpaired) electrons. The van der Waals surface area contributed by atoms with Crippen LogP contribution in [0.4, 0.5) is 0 Å². The molecule has 0 aliphatic carbocycles. The monoisotopic (exact) mass is 343 g/mol. The van der Waals surface area contributed by atoms with Crippen molar-refractivity contribution in [2.45, 2.75) is 97.1 Å². The van der Waals surface area contributed by atoms with Gasteiger partial charge in [-0.3, -0.25) is 4.90 Å². The number of rotatable bonds is 7. The van der Waals surface area contributed by atoms with Crippen molar-refractivity contribution >= 4 is 0 Å². The zero-order chi connectivity index (χ0) is 17.9. The fraction of sp³-hybridized carbons (Fsp3) is 1.00. The van der Waals surface area contributed by atoms with Gasteiger partial charge in [0.15, 0.2) is 0 Å². The largest absolute Gasteiger partial charge is 0.388 e. The van der Waals surface area contributed by atoms with Gasteiger partial charge in [0.25, 0.3) is 0 Å². The molecule has 2 heterocycles. The lowest BCUT2D eigenvalue weighted by molar-refractivity contribution is -0.0930. The van der Waals surface area contributed by atoms with Crippen LogP contribution in [0.15, 0.2) is 0 Å². The second-order valence-electron chi connectivity index (χ2n) is 8.27. The van der Waals surface area contributed by atoms with Gasteiger partial charge in [-0.25, -0.2) is 0 Å². The van der Waals surface area contributed by atoms with Crippen LogP contribution < -0.4 is 0 Å². The highest BCUT2D eigenvalue weighted by Gasteiger charge is 2.42. The van der Waals surface area contributed by atoms with E-state index in [4.69, 9.17) is 14.2 Å². The Morgan fingerprint density at radius 3 is 2.46 bits per heavy atom. The van der Waals surface area contributed by atoms with E-state index in [1.807, 2.05) is 20.8 Å². The van der Waals surface area contributed by atoms with Crippen LogP contribution in [0, 0.1) is 5.92 Å². The van der Waals surface area contributed by atoms with Gasteiger partial charge in [-0.1, -0.05) is 13.8 Å². The predicted octanol–water partition coefficient (Wildman–Crippen LogP) is 2.45. The Bertz CT molecular complexity index is 374. The number of nitrogens with zero attached hydrogens (tertiary/aromatic N) is 1. The van der Waals surface area contributed by atoms with Crippen LogP contribution >= 0.6 is 0 Å². The van der Waals surface area contributed by atoms with Gasteiger partial charge in [0.1, 0.15) is 12.2 Å². The SMILES string of the molecule is CC(C)CC1CN(CC[C@H]2O[C@@H](C)[C@@H](O)C2OC(C)C)CC(C)O1. The summed E-state index contributed by atoms with van der Waals surface area (Å²) in [6.07, 6.45) is 1.76. The van der Waals surface area contributed by atoms with E-state index in [9.17, 15) is 5.11 Å². The Labute approximate surface area is 147 Å². The summed E-state index contributed by atoms with van der Waals surface area (Å²) in [7, 11) is 0. The first-order chi connectivity index (χ1) is 11.3. The minimum Gasteiger partial charge on any atom is -0.388 e. The first-order valence-corrected chi connectivity index (χ1v) is 9.63. The van der Waals surface area contributed by atoms with Gasteiger partial charge in [-0.15, -0.1) is 0 Å². The van der Waals surface area contributed by atoms with Crippen molar-refractivity contribution < 1.29 is 19.3 Å². The van der Waals surface area contributed by atoms with Crippen LogP contribution in [-0.4, -0.2) is 72.4 Å². The fourth-order valence-corrected chi connectivity index (χ4v) is 3.92. The van der Waals surface area contributed by atoms with Gasteiger partial charge in [0, 0.05) is 19.6 Å². The predicted molar refractivity (Wildman–Crippen MR) is 95.2 cm³/mol. The maximum absolute atomic E-state index is 10.3. The second-order valence-corrected chi connectivity index (χ2v) is 8.27. The Kier molecular flexibility index (Phi) is 7.50. The molecular formula is C19H37NO4. The Hall–Kier alpha value is -0.200. The third kappa shape index (κ3) is 5.67. The van der Waals surface area contributed by atoms with E-state index < -0.39 is 6.10 Å². The van der Waals surface area contributed by atoms with Crippen LogP contribution in [0.1, 0.15) is 54.4 Å². The summed E-state index contributed by atoms with van der Waals surface area (Å²) in [4.78, 5) is 2.48. The average molecular weight is 344 g/mol. The number of aliphatic hydroxyl groups is 1. The maximum Gasteiger partial charge on any atom is 0.112 e. The van der Waals surface area contributed by atoms with E-state index in [-0.39, 0.29) is 30.5 Å². The molecular weight excluding hydrogens is 306 g/mol. The topological polar surface area (TPSA) is 51.2 Å². The highest BCUT2D eigenvalue weighted by atomic mass is 16.6. The molecule has 142 valence electrons.